The summed E-state index contributed by atoms with van der Waals surface area (Å²) in [6.45, 7) is 3.81. The molecule has 1 unspecified atom stereocenters. The van der Waals surface area contributed by atoms with Crippen molar-refractivity contribution >= 4 is 35.7 Å². The fourth-order valence-electron chi connectivity index (χ4n) is 1.73. The molecular weight excluding hydrogens is 292 g/mol. The number of amides is 2. The highest BCUT2D eigenvalue weighted by Gasteiger charge is 2.17. The molecule has 0 saturated carbocycles. The summed E-state index contributed by atoms with van der Waals surface area (Å²) in [6.07, 6.45) is 0.343. The summed E-state index contributed by atoms with van der Waals surface area (Å²) in [4.78, 5) is 32.9. The lowest BCUT2D eigenvalue weighted by Crippen LogP contribution is -2.38. The lowest BCUT2D eigenvalue weighted by Gasteiger charge is -2.12. The number of carbonyl (C=O) groups is 3. The van der Waals surface area contributed by atoms with Gasteiger partial charge in [0.05, 0.1) is 5.75 Å². The van der Waals surface area contributed by atoms with Gasteiger partial charge < -0.3 is 15.7 Å². The quantitative estimate of drug-likeness (QED) is 0.627. The Kier molecular flexibility index (Phi) is 6.74. The summed E-state index contributed by atoms with van der Waals surface area (Å²) in [7, 11) is 0. The molecule has 0 aliphatic rings. The van der Waals surface area contributed by atoms with Crippen molar-refractivity contribution in [1.82, 2.24) is 5.32 Å². The van der Waals surface area contributed by atoms with Gasteiger partial charge in [0, 0.05) is 11.4 Å². The second kappa shape index (κ2) is 8.31. The zero-order valence-electron chi connectivity index (χ0n) is 11.9. The van der Waals surface area contributed by atoms with Crippen LogP contribution in [0.5, 0.6) is 0 Å². The highest BCUT2D eigenvalue weighted by atomic mass is 32.2. The maximum absolute atomic E-state index is 11.9. The number of carbonyl (C=O) groups excluding carboxylic acids is 2. The van der Waals surface area contributed by atoms with Crippen molar-refractivity contribution in [3.8, 4) is 0 Å². The number of hydrogen-bond donors (Lipinski definition) is 3. The zero-order valence-corrected chi connectivity index (χ0v) is 12.7. The third-order valence-electron chi connectivity index (χ3n) is 2.83. The summed E-state index contributed by atoms with van der Waals surface area (Å²) in [5.74, 6) is -1.07. The van der Waals surface area contributed by atoms with Gasteiger partial charge in [0.15, 0.2) is 0 Å². The number of carboxylic acids is 1. The van der Waals surface area contributed by atoms with E-state index in [0.29, 0.717) is 6.41 Å². The summed E-state index contributed by atoms with van der Waals surface area (Å²) in [5, 5.41) is 13.8. The van der Waals surface area contributed by atoms with Gasteiger partial charge in [-0.25, -0.2) is 4.79 Å². The van der Waals surface area contributed by atoms with E-state index in [-0.39, 0.29) is 17.4 Å². The first kappa shape index (κ1) is 17.0. The van der Waals surface area contributed by atoms with Crippen molar-refractivity contribution in [2.75, 3.05) is 16.8 Å². The Morgan fingerprint density at radius 1 is 1.33 bits per heavy atom. The highest BCUT2D eigenvalue weighted by molar-refractivity contribution is 8.00. The number of hydrogen-bond acceptors (Lipinski definition) is 4. The van der Waals surface area contributed by atoms with E-state index in [1.807, 2.05) is 32.0 Å². The third-order valence-corrected chi connectivity index (χ3v) is 3.87. The maximum Gasteiger partial charge on any atom is 0.327 e. The van der Waals surface area contributed by atoms with Gasteiger partial charge in [0.2, 0.25) is 12.3 Å². The van der Waals surface area contributed by atoms with Crippen molar-refractivity contribution < 1.29 is 19.5 Å². The Labute approximate surface area is 127 Å². The lowest BCUT2D eigenvalue weighted by molar-refractivity contribution is -0.139. The molecule has 0 fully saturated rings. The lowest BCUT2D eigenvalue weighted by atomic mass is 10.1. The molecule has 114 valence electrons. The van der Waals surface area contributed by atoms with Crippen LogP contribution in [0.3, 0.4) is 0 Å². The van der Waals surface area contributed by atoms with Gasteiger partial charge in [-0.1, -0.05) is 18.2 Å². The van der Waals surface area contributed by atoms with Crippen LogP contribution in [0.15, 0.2) is 18.2 Å². The molecule has 0 bridgehead atoms. The molecule has 0 spiro atoms. The van der Waals surface area contributed by atoms with Crippen LogP contribution in [0, 0.1) is 13.8 Å². The van der Waals surface area contributed by atoms with E-state index in [2.05, 4.69) is 10.6 Å². The number of para-hydroxylation sites is 1. The first-order valence-electron chi connectivity index (χ1n) is 6.32. The zero-order chi connectivity index (χ0) is 15.8. The van der Waals surface area contributed by atoms with Crippen LogP contribution < -0.4 is 10.6 Å². The topological polar surface area (TPSA) is 95.5 Å². The van der Waals surface area contributed by atoms with E-state index in [9.17, 15) is 14.4 Å². The summed E-state index contributed by atoms with van der Waals surface area (Å²) in [6, 6.07) is 4.74. The molecule has 2 amide bonds. The van der Waals surface area contributed by atoms with E-state index in [4.69, 9.17) is 5.11 Å². The average molecular weight is 310 g/mol. The van der Waals surface area contributed by atoms with Crippen LogP contribution in [-0.4, -0.2) is 40.9 Å². The monoisotopic (exact) mass is 310 g/mol. The number of aliphatic carboxylic acids is 1. The SMILES string of the molecule is Cc1cccc(C)c1NC(=O)CSCC(NC=O)C(=O)O. The molecule has 0 saturated heterocycles. The van der Waals surface area contributed by atoms with Gasteiger partial charge in [-0.05, 0) is 25.0 Å². The van der Waals surface area contributed by atoms with E-state index >= 15 is 0 Å². The minimum Gasteiger partial charge on any atom is -0.480 e. The number of rotatable bonds is 8. The highest BCUT2D eigenvalue weighted by Crippen LogP contribution is 2.19. The molecule has 21 heavy (non-hydrogen) atoms. The Bertz CT molecular complexity index is 513. The number of thioether (sulfide) groups is 1. The average Bonchev–Trinajstić information content (AvgIpc) is 2.42. The van der Waals surface area contributed by atoms with Gasteiger partial charge in [-0.2, -0.15) is 0 Å². The number of benzene rings is 1. The van der Waals surface area contributed by atoms with Crippen molar-refractivity contribution in [2.24, 2.45) is 0 Å². The molecule has 1 aromatic rings. The molecule has 6 nitrogen and oxygen atoms in total. The van der Waals surface area contributed by atoms with Crippen LogP contribution >= 0.6 is 11.8 Å². The molecule has 3 N–H and O–H groups in total. The minimum absolute atomic E-state index is 0.123. The molecule has 0 aromatic heterocycles. The summed E-state index contributed by atoms with van der Waals surface area (Å²) < 4.78 is 0. The van der Waals surface area contributed by atoms with E-state index in [1.54, 1.807) is 0 Å². The molecule has 7 heteroatoms. The van der Waals surface area contributed by atoms with Crippen molar-refractivity contribution in [1.29, 1.82) is 0 Å². The predicted molar refractivity (Wildman–Crippen MR) is 82.5 cm³/mol. The van der Waals surface area contributed by atoms with Crippen molar-refractivity contribution in [3.63, 3.8) is 0 Å². The van der Waals surface area contributed by atoms with Crippen LogP contribution in [0.1, 0.15) is 11.1 Å². The first-order valence-corrected chi connectivity index (χ1v) is 7.47. The van der Waals surface area contributed by atoms with Crippen LogP contribution in [0.4, 0.5) is 5.69 Å². The molecule has 1 rings (SSSR count). The fraction of sp³-hybridized carbons (Fsp3) is 0.357. The Hall–Kier alpha value is -2.02. The second-order valence-electron chi connectivity index (χ2n) is 4.51. The van der Waals surface area contributed by atoms with Crippen LogP contribution in [-0.2, 0) is 14.4 Å². The Morgan fingerprint density at radius 2 is 1.95 bits per heavy atom. The number of carboxylic acid groups (broad SMARTS) is 1. The van der Waals surface area contributed by atoms with E-state index in [1.165, 1.54) is 0 Å². The largest absolute Gasteiger partial charge is 0.480 e. The van der Waals surface area contributed by atoms with Gasteiger partial charge >= 0.3 is 5.97 Å². The van der Waals surface area contributed by atoms with Gasteiger partial charge in [0.1, 0.15) is 6.04 Å². The number of anilines is 1. The van der Waals surface area contributed by atoms with Crippen LogP contribution in [0.25, 0.3) is 0 Å². The van der Waals surface area contributed by atoms with Crippen LogP contribution in [0.2, 0.25) is 0 Å². The molecule has 1 atom stereocenters. The first-order chi connectivity index (χ1) is 9.95. The van der Waals surface area contributed by atoms with Crippen molar-refractivity contribution in [3.05, 3.63) is 29.3 Å². The molecule has 0 aliphatic heterocycles. The second-order valence-corrected chi connectivity index (χ2v) is 5.54. The molecule has 0 aliphatic carbocycles. The number of nitrogens with one attached hydrogen (secondary N) is 2. The Morgan fingerprint density at radius 3 is 2.48 bits per heavy atom. The minimum atomic E-state index is -1.12. The van der Waals surface area contributed by atoms with Crippen molar-refractivity contribution in [2.45, 2.75) is 19.9 Å². The maximum atomic E-state index is 11.9. The number of aryl methyl sites for hydroxylation is 2. The molecular formula is C14H18N2O4S. The van der Waals surface area contributed by atoms with E-state index < -0.39 is 12.0 Å². The summed E-state index contributed by atoms with van der Waals surface area (Å²) >= 11 is 1.15. The molecule has 0 heterocycles. The smallest absolute Gasteiger partial charge is 0.327 e. The molecule has 1 aromatic carbocycles. The Balaban J connectivity index is 2.48. The van der Waals surface area contributed by atoms with Gasteiger partial charge in [0.25, 0.3) is 0 Å². The standard InChI is InChI=1S/C14H18N2O4S/c1-9-4-3-5-10(2)13(9)16-12(18)7-21-6-11(14(19)20)15-8-17/h3-5,8,11H,6-7H2,1-2H3,(H,15,17)(H,16,18)(H,19,20). The fourth-order valence-corrected chi connectivity index (χ4v) is 2.58. The van der Waals surface area contributed by atoms with Gasteiger partial charge in [-0.15, -0.1) is 11.8 Å². The third kappa shape index (κ3) is 5.47. The molecule has 0 radical (unpaired) electrons. The van der Waals surface area contributed by atoms with Gasteiger partial charge in [-0.3, -0.25) is 9.59 Å². The normalized spacial score (nSPS) is 11.5. The summed E-state index contributed by atoms with van der Waals surface area (Å²) in [5.41, 5.74) is 2.72. The predicted octanol–water partition coefficient (Wildman–Crippen LogP) is 1.17. The van der Waals surface area contributed by atoms with E-state index in [0.717, 1.165) is 28.6 Å².